The quantitative estimate of drug-likeness (QED) is 0.724. The number of benzene rings is 2. The second kappa shape index (κ2) is 7.95. The molecule has 1 aliphatic carbocycles. The molecule has 7 heteroatoms. The Bertz CT molecular complexity index is 909. The van der Waals surface area contributed by atoms with Crippen LogP contribution in [0.4, 0.5) is 16.2 Å². The Kier molecular flexibility index (Phi) is 5.20. The van der Waals surface area contributed by atoms with Crippen molar-refractivity contribution in [3.63, 3.8) is 0 Å². The minimum atomic E-state index is -0.818. The van der Waals surface area contributed by atoms with Crippen LogP contribution >= 0.6 is 0 Å². The van der Waals surface area contributed by atoms with E-state index in [-0.39, 0.29) is 24.4 Å². The van der Waals surface area contributed by atoms with Gasteiger partial charge >= 0.3 is 12.0 Å². The maximum atomic E-state index is 12.8. The number of carboxylic acids is 1. The molecule has 2 aromatic rings. The highest BCUT2D eigenvalue weighted by atomic mass is 16.4. The van der Waals surface area contributed by atoms with E-state index in [9.17, 15) is 19.5 Å². The van der Waals surface area contributed by atoms with Crippen molar-refractivity contribution in [3.05, 3.63) is 60.2 Å². The van der Waals surface area contributed by atoms with Crippen LogP contribution in [0.2, 0.25) is 0 Å². The van der Waals surface area contributed by atoms with E-state index >= 15 is 0 Å². The molecule has 1 saturated heterocycles. The summed E-state index contributed by atoms with van der Waals surface area (Å²) in [5.41, 5.74) is 1.74. The number of amides is 3. The van der Waals surface area contributed by atoms with Crippen molar-refractivity contribution in [2.45, 2.75) is 12.8 Å². The molecule has 150 valence electrons. The zero-order valence-electron chi connectivity index (χ0n) is 15.9. The summed E-state index contributed by atoms with van der Waals surface area (Å²) in [6, 6.07) is 15.4. The average Bonchev–Trinajstić information content (AvgIpc) is 3.46. The predicted octanol–water partition coefficient (Wildman–Crippen LogP) is 3.51. The predicted molar refractivity (Wildman–Crippen MR) is 109 cm³/mol. The zero-order chi connectivity index (χ0) is 20.4. The molecule has 4 rings (SSSR count). The first-order valence-corrected chi connectivity index (χ1v) is 9.76. The van der Waals surface area contributed by atoms with Gasteiger partial charge in [-0.3, -0.25) is 9.59 Å². The smallest absolute Gasteiger partial charge is 0.323 e. The van der Waals surface area contributed by atoms with Gasteiger partial charge in [-0.25, -0.2) is 4.79 Å². The number of urea groups is 1. The van der Waals surface area contributed by atoms with E-state index in [4.69, 9.17) is 0 Å². The molecule has 1 heterocycles. The fourth-order valence-corrected chi connectivity index (χ4v) is 3.95. The van der Waals surface area contributed by atoms with E-state index in [1.54, 1.807) is 41.3 Å². The lowest BCUT2D eigenvalue weighted by Gasteiger charge is -2.16. The Morgan fingerprint density at radius 3 is 2.07 bits per heavy atom. The van der Waals surface area contributed by atoms with Gasteiger partial charge in [0.15, 0.2) is 0 Å². The average molecular weight is 393 g/mol. The minimum absolute atomic E-state index is 0.0547. The molecule has 1 aliphatic heterocycles. The third-order valence-corrected chi connectivity index (χ3v) is 5.62. The minimum Gasteiger partial charge on any atom is -0.481 e. The maximum absolute atomic E-state index is 12.8. The van der Waals surface area contributed by atoms with Crippen LogP contribution in [0.3, 0.4) is 0 Å². The number of carbonyl (C=O) groups is 3. The summed E-state index contributed by atoms with van der Waals surface area (Å²) < 4.78 is 0. The highest BCUT2D eigenvalue weighted by molar-refractivity contribution is 6.00. The summed E-state index contributed by atoms with van der Waals surface area (Å²) in [5.74, 6) is -0.974. The molecular weight excluding hydrogens is 370 g/mol. The van der Waals surface area contributed by atoms with E-state index in [1.807, 2.05) is 18.2 Å². The molecule has 2 atom stereocenters. The molecule has 0 spiro atoms. The van der Waals surface area contributed by atoms with Crippen LogP contribution in [0.5, 0.6) is 0 Å². The first kappa shape index (κ1) is 19.0. The Hall–Kier alpha value is -3.35. The van der Waals surface area contributed by atoms with Crippen molar-refractivity contribution in [1.82, 2.24) is 4.90 Å². The van der Waals surface area contributed by atoms with E-state index < -0.39 is 11.9 Å². The summed E-state index contributed by atoms with van der Waals surface area (Å²) in [7, 11) is 0. The lowest BCUT2D eigenvalue weighted by Crippen LogP contribution is -2.30. The van der Waals surface area contributed by atoms with Crippen LogP contribution in [-0.4, -0.2) is 41.0 Å². The summed E-state index contributed by atoms with van der Waals surface area (Å²) >= 11 is 0. The van der Waals surface area contributed by atoms with E-state index in [2.05, 4.69) is 10.6 Å². The second-order valence-corrected chi connectivity index (χ2v) is 7.68. The number of likely N-dealkylation sites (tertiary alicyclic amines) is 1. The number of rotatable bonds is 5. The van der Waals surface area contributed by atoms with Crippen molar-refractivity contribution >= 4 is 29.3 Å². The number of hydrogen-bond acceptors (Lipinski definition) is 3. The molecule has 0 bridgehead atoms. The van der Waals surface area contributed by atoms with Crippen LogP contribution in [0.15, 0.2) is 54.6 Å². The Labute approximate surface area is 168 Å². The number of hydrogen-bond donors (Lipinski definition) is 3. The van der Waals surface area contributed by atoms with Gasteiger partial charge in [0.1, 0.15) is 0 Å². The summed E-state index contributed by atoms with van der Waals surface area (Å²) in [4.78, 5) is 38.1. The lowest BCUT2D eigenvalue weighted by molar-refractivity contribution is -0.142. The Morgan fingerprint density at radius 2 is 1.48 bits per heavy atom. The first-order valence-electron chi connectivity index (χ1n) is 9.76. The molecule has 3 N–H and O–H groups in total. The number of anilines is 2. The Balaban J connectivity index is 1.37. The molecule has 2 aromatic carbocycles. The number of aliphatic carboxylic acids is 1. The molecule has 2 fully saturated rings. The molecule has 7 nitrogen and oxygen atoms in total. The number of carboxylic acid groups (broad SMARTS) is 1. The summed E-state index contributed by atoms with van der Waals surface area (Å²) in [6.07, 6.45) is 2.11. The number of nitrogens with zero attached hydrogens (tertiary/aromatic N) is 1. The SMILES string of the molecule is O=C(Nc1ccccc1)Nc1ccc(C(=O)N2C[C@H](C(=O)O)[C@@H](C3CC3)C2)cc1. The van der Waals surface area contributed by atoms with Gasteiger partial charge in [-0.2, -0.15) is 0 Å². The van der Waals surface area contributed by atoms with Crippen molar-refractivity contribution in [2.75, 3.05) is 23.7 Å². The largest absolute Gasteiger partial charge is 0.481 e. The highest BCUT2D eigenvalue weighted by Crippen LogP contribution is 2.44. The third-order valence-electron chi connectivity index (χ3n) is 5.62. The van der Waals surface area contributed by atoms with Crippen LogP contribution in [-0.2, 0) is 4.79 Å². The van der Waals surface area contributed by atoms with Gasteiger partial charge in [-0.1, -0.05) is 18.2 Å². The molecular formula is C22H23N3O4. The van der Waals surface area contributed by atoms with E-state index in [1.165, 1.54) is 0 Å². The van der Waals surface area contributed by atoms with E-state index in [0.29, 0.717) is 29.4 Å². The van der Waals surface area contributed by atoms with Crippen molar-refractivity contribution in [1.29, 1.82) is 0 Å². The van der Waals surface area contributed by atoms with Gasteiger partial charge < -0.3 is 20.6 Å². The maximum Gasteiger partial charge on any atom is 0.323 e. The van der Waals surface area contributed by atoms with Crippen LogP contribution in [0.1, 0.15) is 23.2 Å². The zero-order valence-corrected chi connectivity index (χ0v) is 15.9. The second-order valence-electron chi connectivity index (χ2n) is 7.68. The third kappa shape index (κ3) is 4.39. The molecule has 0 radical (unpaired) electrons. The van der Waals surface area contributed by atoms with Gasteiger partial charge in [0, 0.05) is 30.0 Å². The fourth-order valence-electron chi connectivity index (χ4n) is 3.95. The molecule has 1 saturated carbocycles. The summed E-state index contributed by atoms with van der Waals surface area (Å²) in [5, 5.41) is 14.9. The number of para-hydroxylation sites is 1. The first-order chi connectivity index (χ1) is 14.0. The highest BCUT2D eigenvalue weighted by Gasteiger charge is 2.46. The molecule has 2 aliphatic rings. The molecule has 0 aromatic heterocycles. The van der Waals surface area contributed by atoms with Gasteiger partial charge in [-0.05, 0) is 61.1 Å². The van der Waals surface area contributed by atoms with Crippen LogP contribution in [0.25, 0.3) is 0 Å². The topological polar surface area (TPSA) is 98.7 Å². The van der Waals surface area contributed by atoms with Gasteiger partial charge in [-0.15, -0.1) is 0 Å². The van der Waals surface area contributed by atoms with Crippen molar-refractivity contribution < 1.29 is 19.5 Å². The molecule has 0 unspecified atom stereocenters. The van der Waals surface area contributed by atoms with Crippen molar-refractivity contribution in [2.24, 2.45) is 17.8 Å². The Morgan fingerprint density at radius 1 is 0.862 bits per heavy atom. The van der Waals surface area contributed by atoms with E-state index in [0.717, 1.165) is 12.8 Å². The normalized spacial score (nSPS) is 20.9. The number of carbonyl (C=O) groups excluding carboxylic acids is 2. The van der Waals surface area contributed by atoms with Crippen molar-refractivity contribution in [3.8, 4) is 0 Å². The molecule has 3 amide bonds. The monoisotopic (exact) mass is 393 g/mol. The van der Waals surface area contributed by atoms with Crippen LogP contribution < -0.4 is 10.6 Å². The molecule has 29 heavy (non-hydrogen) atoms. The summed E-state index contributed by atoms with van der Waals surface area (Å²) in [6.45, 7) is 0.759. The van der Waals surface area contributed by atoms with Gasteiger partial charge in [0.25, 0.3) is 5.91 Å². The standard InChI is InChI=1S/C22H23N3O4/c26-20(25-12-18(14-6-7-14)19(13-25)21(27)28)15-8-10-17(11-9-15)24-22(29)23-16-4-2-1-3-5-16/h1-5,8-11,14,18-19H,6-7,12-13H2,(H,27,28)(H2,23,24,29)/t18-,19+/m1/s1. The number of nitrogens with one attached hydrogen (secondary N) is 2. The van der Waals surface area contributed by atoms with Gasteiger partial charge in [0.2, 0.25) is 0 Å². The lowest BCUT2D eigenvalue weighted by atomic mass is 9.92. The van der Waals surface area contributed by atoms with Crippen LogP contribution in [0, 0.1) is 17.8 Å². The van der Waals surface area contributed by atoms with Gasteiger partial charge in [0.05, 0.1) is 5.92 Å². The fraction of sp³-hybridized carbons (Fsp3) is 0.318.